The van der Waals surface area contributed by atoms with E-state index >= 15 is 0 Å². The van der Waals surface area contributed by atoms with Crippen LogP contribution in [0, 0.1) is 6.92 Å². The van der Waals surface area contributed by atoms with E-state index in [-0.39, 0.29) is 5.56 Å². The van der Waals surface area contributed by atoms with E-state index in [2.05, 4.69) is 9.88 Å². The van der Waals surface area contributed by atoms with Crippen molar-refractivity contribution in [3.63, 3.8) is 0 Å². The summed E-state index contributed by atoms with van der Waals surface area (Å²) in [6, 6.07) is 12.8. The number of hydrogen-bond donors (Lipinski definition) is 1. The second kappa shape index (κ2) is 8.51. The molecule has 1 aliphatic rings. The van der Waals surface area contributed by atoms with Crippen LogP contribution in [0.2, 0.25) is 0 Å². The highest BCUT2D eigenvalue weighted by molar-refractivity contribution is 6.03. The van der Waals surface area contributed by atoms with Gasteiger partial charge in [-0.2, -0.15) is 0 Å². The monoisotopic (exact) mass is 432 g/mol. The fourth-order valence-corrected chi connectivity index (χ4v) is 4.23. The predicted octanol–water partition coefficient (Wildman–Crippen LogP) is 5.25. The van der Waals surface area contributed by atoms with Crippen LogP contribution < -0.4 is 9.47 Å². The molecule has 0 spiro atoms. The number of fused-ring (bicyclic) bond motifs is 2. The summed E-state index contributed by atoms with van der Waals surface area (Å²) >= 11 is 0. The third kappa shape index (κ3) is 3.99. The number of aromatic nitrogens is 1. The Morgan fingerprint density at radius 2 is 1.88 bits per heavy atom. The van der Waals surface area contributed by atoms with Gasteiger partial charge in [0.05, 0.1) is 5.52 Å². The van der Waals surface area contributed by atoms with Crippen molar-refractivity contribution in [1.82, 2.24) is 9.88 Å². The number of pyridine rings is 1. The lowest BCUT2D eigenvalue weighted by Gasteiger charge is -2.15. The number of carboxylic acid groups (broad SMARTS) is 1. The number of rotatable bonds is 7. The molecule has 32 heavy (non-hydrogen) atoms. The molecular weight excluding hydrogens is 408 g/mol. The van der Waals surface area contributed by atoms with E-state index in [0.29, 0.717) is 34.8 Å². The van der Waals surface area contributed by atoms with Crippen LogP contribution in [0.3, 0.4) is 0 Å². The van der Waals surface area contributed by atoms with Gasteiger partial charge in [0.2, 0.25) is 0 Å². The van der Waals surface area contributed by atoms with Gasteiger partial charge in [0.1, 0.15) is 40.8 Å². The van der Waals surface area contributed by atoms with E-state index in [1.54, 1.807) is 37.4 Å². The Morgan fingerprint density at radius 3 is 2.69 bits per heavy atom. The van der Waals surface area contributed by atoms with Gasteiger partial charge in [-0.3, -0.25) is 9.88 Å². The number of aryl methyl sites for hydroxylation is 1. The van der Waals surface area contributed by atoms with Gasteiger partial charge >= 0.3 is 5.97 Å². The molecule has 1 saturated heterocycles. The number of nitrogens with zero attached hydrogens (tertiary/aromatic N) is 2. The second-order valence-corrected chi connectivity index (χ2v) is 7.98. The second-order valence-electron chi connectivity index (χ2n) is 7.98. The normalized spacial score (nSPS) is 14.3. The van der Waals surface area contributed by atoms with Crippen molar-refractivity contribution < 1.29 is 23.8 Å². The van der Waals surface area contributed by atoms with Crippen LogP contribution in [-0.4, -0.2) is 47.2 Å². The molecule has 1 N–H and O–H groups in total. The lowest BCUT2D eigenvalue weighted by molar-refractivity contribution is 0.0697. The zero-order valence-corrected chi connectivity index (χ0v) is 17.8. The summed E-state index contributed by atoms with van der Waals surface area (Å²) in [5.41, 5.74) is 1.44. The first-order chi connectivity index (χ1) is 15.6. The number of likely N-dealkylation sites (tertiary alicyclic amines) is 1. The maximum atomic E-state index is 11.5. The Morgan fingerprint density at radius 1 is 1.09 bits per heavy atom. The van der Waals surface area contributed by atoms with Crippen LogP contribution in [0.4, 0.5) is 0 Å². The number of ether oxygens (including phenoxy) is 2. The zero-order chi connectivity index (χ0) is 22.1. The molecule has 7 heteroatoms. The summed E-state index contributed by atoms with van der Waals surface area (Å²) in [6.07, 6.45) is 4.25. The fourth-order valence-electron chi connectivity index (χ4n) is 4.23. The molecule has 1 aliphatic heterocycles. The summed E-state index contributed by atoms with van der Waals surface area (Å²) in [5, 5.41) is 10.8. The maximum Gasteiger partial charge on any atom is 0.339 e. The largest absolute Gasteiger partial charge is 0.492 e. The molecule has 3 heterocycles. The Labute approximate surface area is 185 Å². The maximum absolute atomic E-state index is 11.5. The lowest BCUT2D eigenvalue weighted by atomic mass is 10.1. The van der Waals surface area contributed by atoms with Gasteiger partial charge in [-0.1, -0.05) is 0 Å². The van der Waals surface area contributed by atoms with Crippen molar-refractivity contribution in [2.45, 2.75) is 19.8 Å². The van der Waals surface area contributed by atoms with Gasteiger partial charge in [0, 0.05) is 35.6 Å². The first-order valence-electron chi connectivity index (χ1n) is 10.8. The standard InChI is InChI=1S/C25H24N2O5/c1-16-24(25(28)29)20-7-5-18(15-23(20)31-16)32-22-8-9-26-21-14-17(4-6-19(21)22)30-13-12-27-10-2-3-11-27/h4-9,14-15H,2-3,10-13H2,1H3,(H,28,29). The Bertz CT molecular complexity index is 1290. The van der Waals surface area contributed by atoms with Crippen LogP contribution in [0.25, 0.3) is 21.9 Å². The molecule has 4 aromatic rings. The first-order valence-corrected chi connectivity index (χ1v) is 10.8. The number of benzene rings is 2. The van der Waals surface area contributed by atoms with Crippen molar-refractivity contribution in [2.75, 3.05) is 26.2 Å². The average molecular weight is 432 g/mol. The van der Waals surface area contributed by atoms with Gasteiger partial charge in [0.15, 0.2) is 0 Å². The highest BCUT2D eigenvalue weighted by Crippen LogP contribution is 2.34. The van der Waals surface area contributed by atoms with Crippen molar-refractivity contribution in [1.29, 1.82) is 0 Å². The molecule has 2 aromatic heterocycles. The van der Waals surface area contributed by atoms with E-state index in [1.807, 2.05) is 18.2 Å². The van der Waals surface area contributed by atoms with E-state index < -0.39 is 5.97 Å². The predicted molar refractivity (Wildman–Crippen MR) is 121 cm³/mol. The van der Waals surface area contributed by atoms with Crippen LogP contribution in [0.1, 0.15) is 29.0 Å². The summed E-state index contributed by atoms with van der Waals surface area (Å²) in [4.78, 5) is 18.3. The van der Waals surface area contributed by atoms with Gasteiger partial charge in [-0.15, -0.1) is 0 Å². The Kier molecular flexibility index (Phi) is 5.41. The third-order valence-electron chi connectivity index (χ3n) is 5.83. The number of carboxylic acids is 1. The highest BCUT2D eigenvalue weighted by Gasteiger charge is 2.18. The molecule has 1 fully saturated rings. The summed E-state index contributed by atoms with van der Waals surface area (Å²) in [7, 11) is 0. The Balaban J connectivity index is 1.35. The highest BCUT2D eigenvalue weighted by atomic mass is 16.5. The summed E-state index contributed by atoms with van der Waals surface area (Å²) in [5.74, 6) is 1.36. The SMILES string of the molecule is Cc1oc2cc(Oc3ccnc4cc(OCCN5CCCC5)ccc34)ccc2c1C(=O)O. The van der Waals surface area contributed by atoms with Crippen LogP contribution in [0.15, 0.2) is 53.1 Å². The molecule has 0 amide bonds. The number of hydrogen-bond acceptors (Lipinski definition) is 6. The molecule has 7 nitrogen and oxygen atoms in total. The quantitative estimate of drug-likeness (QED) is 0.427. The molecule has 5 rings (SSSR count). The van der Waals surface area contributed by atoms with Gasteiger partial charge in [-0.25, -0.2) is 4.79 Å². The third-order valence-corrected chi connectivity index (χ3v) is 5.83. The van der Waals surface area contributed by atoms with Crippen molar-refractivity contribution >= 4 is 27.8 Å². The molecule has 0 bridgehead atoms. The molecule has 2 aromatic carbocycles. The average Bonchev–Trinajstić information content (AvgIpc) is 3.40. The molecule has 0 saturated carbocycles. The first kappa shape index (κ1) is 20.3. The molecular formula is C25H24N2O5. The topological polar surface area (TPSA) is 85.0 Å². The smallest absolute Gasteiger partial charge is 0.339 e. The van der Waals surface area contributed by atoms with Crippen molar-refractivity contribution in [3.8, 4) is 17.2 Å². The minimum Gasteiger partial charge on any atom is -0.492 e. The number of aromatic carboxylic acids is 1. The van der Waals surface area contributed by atoms with E-state index in [9.17, 15) is 9.90 Å². The summed E-state index contributed by atoms with van der Waals surface area (Å²) in [6.45, 7) is 5.55. The van der Waals surface area contributed by atoms with E-state index in [1.165, 1.54) is 12.8 Å². The number of carbonyl (C=O) groups is 1. The minimum absolute atomic E-state index is 0.179. The van der Waals surface area contributed by atoms with Crippen molar-refractivity contribution in [2.24, 2.45) is 0 Å². The number of furan rings is 1. The zero-order valence-electron chi connectivity index (χ0n) is 17.8. The molecule has 0 radical (unpaired) electrons. The van der Waals surface area contributed by atoms with Crippen LogP contribution >= 0.6 is 0 Å². The van der Waals surface area contributed by atoms with Gasteiger partial charge in [-0.05, 0) is 63.2 Å². The van der Waals surface area contributed by atoms with Gasteiger partial charge in [0.25, 0.3) is 0 Å². The lowest BCUT2D eigenvalue weighted by Crippen LogP contribution is -2.25. The van der Waals surface area contributed by atoms with E-state index in [4.69, 9.17) is 13.9 Å². The van der Waals surface area contributed by atoms with E-state index in [0.717, 1.165) is 36.3 Å². The van der Waals surface area contributed by atoms with Crippen LogP contribution in [-0.2, 0) is 0 Å². The molecule has 164 valence electrons. The van der Waals surface area contributed by atoms with Crippen LogP contribution in [0.5, 0.6) is 17.2 Å². The molecule has 0 atom stereocenters. The summed E-state index contributed by atoms with van der Waals surface area (Å²) < 4.78 is 17.7. The van der Waals surface area contributed by atoms with Gasteiger partial charge < -0.3 is 19.0 Å². The van der Waals surface area contributed by atoms with Crippen molar-refractivity contribution in [3.05, 3.63) is 60.0 Å². The molecule has 0 unspecified atom stereocenters. The Hall–Kier alpha value is -3.58. The fraction of sp³-hybridized carbons (Fsp3) is 0.280. The molecule has 0 aliphatic carbocycles. The minimum atomic E-state index is -1.01.